The molecule has 2 radical (unpaired) electrons. The molecule has 0 atom stereocenters. The summed E-state index contributed by atoms with van der Waals surface area (Å²) in [6, 6.07) is 3.33. The van der Waals surface area contributed by atoms with Gasteiger partial charge in [0.2, 0.25) is 0 Å². The molecule has 0 spiro atoms. The van der Waals surface area contributed by atoms with Gasteiger partial charge in [-0.25, -0.2) is 9.31 Å². The standard InChI is InChI=1S/C10H9BN2O3/c1-15-7-3-4-8(11)13-9(7)6(5-12-13)10(14)16-2/h3-5H,1-2H3. The number of carbonyl (C=O) groups is 1. The van der Waals surface area contributed by atoms with Gasteiger partial charge >= 0.3 is 5.97 Å². The first-order valence-corrected chi connectivity index (χ1v) is 4.57. The van der Waals surface area contributed by atoms with Gasteiger partial charge in [0.25, 0.3) is 0 Å². The summed E-state index contributed by atoms with van der Waals surface area (Å²) in [4.78, 5) is 11.5. The Kier molecular flexibility index (Phi) is 2.56. The lowest BCUT2D eigenvalue weighted by Gasteiger charge is -2.06. The first kappa shape index (κ1) is 10.5. The van der Waals surface area contributed by atoms with Crippen molar-refractivity contribution in [1.82, 2.24) is 9.61 Å². The predicted molar refractivity (Wildman–Crippen MR) is 58.5 cm³/mol. The van der Waals surface area contributed by atoms with Gasteiger partial charge in [0.1, 0.15) is 24.7 Å². The molecule has 0 bridgehead atoms. The summed E-state index contributed by atoms with van der Waals surface area (Å²) in [6.07, 6.45) is 1.40. The van der Waals surface area contributed by atoms with Crippen LogP contribution in [0.4, 0.5) is 0 Å². The van der Waals surface area contributed by atoms with Crippen LogP contribution < -0.4 is 10.3 Å². The van der Waals surface area contributed by atoms with Crippen molar-refractivity contribution >= 4 is 24.9 Å². The van der Waals surface area contributed by atoms with Crippen LogP contribution in [0.1, 0.15) is 10.4 Å². The predicted octanol–water partition coefficient (Wildman–Crippen LogP) is -0.0767. The van der Waals surface area contributed by atoms with E-state index in [1.54, 1.807) is 12.1 Å². The second kappa shape index (κ2) is 3.88. The first-order chi connectivity index (χ1) is 7.69. The molecule has 16 heavy (non-hydrogen) atoms. The average molecular weight is 216 g/mol. The summed E-state index contributed by atoms with van der Waals surface area (Å²) >= 11 is 0. The van der Waals surface area contributed by atoms with E-state index in [1.807, 2.05) is 0 Å². The zero-order valence-corrected chi connectivity index (χ0v) is 8.93. The molecule has 0 N–H and O–H groups in total. The van der Waals surface area contributed by atoms with Crippen LogP contribution >= 0.6 is 0 Å². The van der Waals surface area contributed by atoms with E-state index in [2.05, 4.69) is 9.84 Å². The minimum Gasteiger partial charge on any atom is -0.494 e. The highest BCUT2D eigenvalue weighted by Crippen LogP contribution is 2.22. The lowest BCUT2D eigenvalue weighted by Crippen LogP contribution is -2.15. The fourth-order valence-electron chi connectivity index (χ4n) is 1.52. The monoisotopic (exact) mass is 216 g/mol. The Morgan fingerprint density at radius 2 is 2.19 bits per heavy atom. The Balaban J connectivity index is 2.77. The molecule has 0 aliphatic heterocycles. The summed E-state index contributed by atoms with van der Waals surface area (Å²) in [7, 11) is 8.55. The quantitative estimate of drug-likeness (QED) is 0.520. The van der Waals surface area contributed by atoms with Gasteiger partial charge in [-0.2, -0.15) is 5.10 Å². The van der Waals surface area contributed by atoms with Crippen LogP contribution in [0.25, 0.3) is 5.52 Å². The van der Waals surface area contributed by atoms with Crippen molar-refractivity contribution in [2.45, 2.75) is 0 Å². The molecule has 0 unspecified atom stereocenters. The molecule has 80 valence electrons. The van der Waals surface area contributed by atoms with E-state index in [1.165, 1.54) is 24.9 Å². The van der Waals surface area contributed by atoms with Crippen molar-refractivity contribution in [2.75, 3.05) is 14.2 Å². The number of ether oxygens (including phenoxy) is 2. The number of aromatic nitrogens is 2. The second-order valence-electron chi connectivity index (χ2n) is 3.14. The Labute approximate surface area is 93.4 Å². The Hall–Kier alpha value is -1.98. The molecular formula is C10H9BN2O3. The van der Waals surface area contributed by atoms with Gasteiger partial charge in [-0.1, -0.05) is 0 Å². The SMILES string of the molecule is [B]c1ccc(OC)c2c(C(=O)OC)cnn12. The molecule has 2 heterocycles. The van der Waals surface area contributed by atoms with Crippen LogP contribution in [0, 0.1) is 0 Å². The van der Waals surface area contributed by atoms with E-state index in [-0.39, 0.29) is 0 Å². The fourth-order valence-corrected chi connectivity index (χ4v) is 1.52. The van der Waals surface area contributed by atoms with Crippen LogP contribution in [-0.2, 0) is 4.74 Å². The molecule has 2 rings (SSSR count). The van der Waals surface area contributed by atoms with Crippen LogP contribution in [0.5, 0.6) is 5.75 Å². The summed E-state index contributed by atoms with van der Waals surface area (Å²) < 4.78 is 11.2. The molecule has 6 heteroatoms. The van der Waals surface area contributed by atoms with Gasteiger partial charge in [0.05, 0.1) is 20.4 Å². The van der Waals surface area contributed by atoms with E-state index in [9.17, 15) is 4.79 Å². The van der Waals surface area contributed by atoms with Crippen molar-refractivity contribution in [1.29, 1.82) is 0 Å². The maximum Gasteiger partial charge on any atom is 0.341 e. The minimum atomic E-state index is -0.473. The molecule has 2 aromatic rings. The molecular weight excluding hydrogens is 207 g/mol. The lowest BCUT2D eigenvalue weighted by molar-refractivity contribution is 0.0602. The van der Waals surface area contributed by atoms with Crippen molar-refractivity contribution in [2.24, 2.45) is 0 Å². The van der Waals surface area contributed by atoms with E-state index in [0.29, 0.717) is 22.4 Å². The van der Waals surface area contributed by atoms with Crippen LogP contribution in [-0.4, -0.2) is 37.6 Å². The molecule has 0 aliphatic rings. The third kappa shape index (κ3) is 1.43. The van der Waals surface area contributed by atoms with Crippen molar-refractivity contribution in [3.8, 4) is 5.75 Å². The number of fused-ring (bicyclic) bond motifs is 1. The van der Waals surface area contributed by atoms with Gasteiger partial charge in [0, 0.05) is 0 Å². The molecule has 0 fully saturated rings. The van der Waals surface area contributed by atoms with Crippen LogP contribution in [0.2, 0.25) is 0 Å². The fraction of sp³-hybridized carbons (Fsp3) is 0.200. The number of hydrogen-bond donors (Lipinski definition) is 0. The third-order valence-corrected chi connectivity index (χ3v) is 2.28. The molecule has 0 aliphatic carbocycles. The molecule has 0 saturated carbocycles. The topological polar surface area (TPSA) is 52.8 Å². The van der Waals surface area contributed by atoms with E-state index >= 15 is 0 Å². The normalized spacial score (nSPS) is 10.4. The number of esters is 1. The van der Waals surface area contributed by atoms with Gasteiger partial charge in [-0.15, -0.1) is 0 Å². The maximum absolute atomic E-state index is 11.5. The smallest absolute Gasteiger partial charge is 0.341 e. The summed E-state index contributed by atoms with van der Waals surface area (Å²) in [5.74, 6) is 0.0472. The largest absolute Gasteiger partial charge is 0.494 e. The number of hydrogen-bond acceptors (Lipinski definition) is 4. The first-order valence-electron chi connectivity index (χ1n) is 4.57. The molecule has 0 saturated heterocycles. The number of pyridine rings is 1. The van der Waals surface area contributed by atoms with E-state index in [0.717, 1.165) is 0 Å². The number of rotatable bonds is 2. The number of carbonyl (C=O) groups excluding carboxylic acids is 1. The average Bonchev–Trinajstić information content (AvgIpc) is 2.74. The maximum atomic E-state index is 11.5. The Morgan fingerprint density at radius 3 is 2.81 bits per heavy atom. The van der Waals surface area contributed by atoms with E-state index in [4.69, 9.17) is 12.6 Å². The minimum absolute atomic E-state index is 0.326. The summed E-state index contributed by atoms with van der Waals surface area (Å²) in [5.41, 5.74) is 1.26. The zero-order chi connectivity index (χ0) is 11.7. The van der Waals surface area contributed by atoms with Crippen molar-refractivity contribution in [3.05, 3.63) is 23.9 Å². The highest BCUT2D eigenvalue weighted by Gasteiger charge is 2.17. The van der Waals surface area contributed by atoms with Gasteiger partial charge in [0.15, 0.2) is 0 Å². The lowest BCUT2D eigenvalue weighted by atomic mass is 10.0. The van der Waals surface area contributed by atoms with Crippen LogP contribution in [0.15, 0.2) is 18.3 Å². The van der Waals surface area contributed by atoms with E-state index < -0.39 is 5.97 Å². The highest BCUT2D eigenvalue weighted by atomic mass is 16.5. The number of nitrogens with zero attached hydrogens (tertiary/aromatic N) is 2. The highest BCUT2D eigenvalue weighted by molar-refractivity contribution is 6.31. The number of methoxy groups -OCH3 is 2. The van der Waals surface area contributed by atoms with Gasteiger partial charge in [-0.05, 0) is 17.7 Å². The third-order valence-electron chi connectivity index (χ3n) is 2.28. The molecule has 0 aromatic carbocycles. The Morgan fingerprint density at radius 1 is 1.44 bits per heavy atom. The Bertz CT molecular complexity index is 550. The van der Waals surface area contributed by atoms with Gasteiger partial charge in [-0.3, -0.25) is 0 Å². The molecule has 0 amide bonds. The molecule has 5 nitrogen and oxygen atoms in total. The van der Waals surface area contributed by atoms with Crippen molar-refractivity contribution in [3.63, 3.8) is 0 Å². The summed E-state index contributed by atoms with van der Waals surface area (Å²) in [5, 5.41) is 4.01. The van der Waals surface area contributed by atoms with Crippen LogP contribution in [0.3, 0.4) is 0 Å². The summed E-state index contributed by atoms with van der Waals surface area (Å²) in [6.45, 7) is 0. The van der Waals surface area contributed by atoms with Gasteiger partial charge < -0.3 is 9.47 Å². The zero-order valence-electron chi connectivity index (χ0n) is 8.93. The van der Waals surface area contributed by atoms with Crippen molar-refractivity contribution < 1.29 is 14.3 Å². The second-order valence-corrected chi connectivity index (χ2v) is 3.14. The molecule has 2 aromatic heterocycles.